The van der Waals surface area contributed by atoms with Gasteiger partial charge in [0.25, 0.3) is 0 Å². The van der Waals surface area contributed by atoms with Gasteiger partial charge in [0.15, 0.2) is 5.78 Å². The van der Waals surface area contributed by atoms with Gasteiger partial charge in [0, 0.05) is 0 Å². The zero-order valence-electron chi connectivity index (χ0n) is 10.9. The molecule has 0 atom stereocenters. The standard InChI is InChI=1S/C16H15FO2/c1-3-12-6-4-7-13(10-12)19-15-9-5-8-14(17)16(15)11(2)18/h4-10H,3H2,1-2H3. The predicted molar refractivity (Wildman–Crippen MR) is 72.3 cm³/mol. The van der Waals surface area contributed by atoms with Crippen molar-refractivity contribution in [3.05, 3.63) is 59.4 Å². The van der Waals surface area contributed by atoms with E-state index < -0.39 is 5.82 Å². The van der Waals surface area contributed by atoms with Gasteiger partial charge in [-0.05, 0) is 43.2 Å². The lowest BCUT2D eigenvalue weighted by Gasteiger charge is -2.10. The van der Waals surface area contributed by atoms with E-state index in [4.69, 9.17) is 4.74 Å². The number of Topliss-reactive ketones (excluding diaryl/α,β-unsaturated/α-hetero) is 1. The Kier molecular flexibility index (Phi) is 3.95. The maximum Gasteiger partial charge on any atom is 0.166 e. The van der Waals surface area contributed by atoms with E-state index in [2.05, 4.69) is 0 Å². The van der Waals surface area contributed by atoms with E-state index in [9.17, 15) is 9.18 Å². The summed E-state index contributed by atoms with van der Waals surface area (Å²) in [6, 6.07) is 11.9. The molecule has 2 nitrogen and oxygen atoms in total. The average Bonchev–Trinajstić information content (AvgIpc) is 2.38. The topological polar surface area (TPSA) is 26.3 Å². The summed E-state index contributed by atoms with van der Waals surface area (Å²) in [7, 11) is 0. The van der Waals surface area contributed by atoms with Crippen LogP contribution in [0.5, 0.6) is 11.5 Å². The predicted octanol–water partition coefficient (Wildman–Crippen LogP) is 4.38. The van der Waals surface area contributed by atoms with Gasteiger partial charge in [-0.25, -0.2) is 4.39 Å². The minimum Gasteiger partial charge on any atom is -0.456 e. The third-order valence-electron chi connectivity index (χ3n) is 2.86. The Labute approximate surface area is 111 Å². The molecule has 0 fully saturated rings. The van der Waals surface area contributed by atoms with Crippen LogP contribution in [0.3, 0.4) is 0 Å². The molecule has 0 bridgehead atoms. The summed E-state index contributed by atoms with van der Waals surface area (Å²) in [5.74, 6) is -0.0513. The molecule has 2 aromatic carbocycles. The van der Waals surface area contributed by atoms with E-state index >= 15 is 0 Å². The molecular formula is C16H15FO2. The number of aryl methyl sites for hydroxylation is 1. The lowest BCUT2D eigenvalue weighted by atomic mass is 10.1. The van der Waals surface area contributed by atoms with E-state index in [-0.39, 0.29) is 17.1 Å². The van der Waals surface area contributed by atoms with Crippen molar-refractivity contribution in [2.24, 2.45) is 0 Å². The maximum atomic E-state index is 13.6. The molecule has 0 aliphatic rings. The number of rotatable bonds is 4. The molecule has 98 valence electrons. The molecule has 0 unspecified atom stereocenters. The lowest BCUT2D eigenvalue weighted by Crippen LogP contribution is -2.00. The van der Waals surface area contributed by atoms with E-state index in [0.29, 0.717) is 5.75 Å². The molecule has 0 aromatic heterocycles. The molecule has 19 heavy (non-hydrogen) atoms. The van der Waals surface area contributed by atoms with Gasteiger partial charge >= 0.3 is 0 Å². The van der Waals surface area contributed by atoms with Crippen molar-refractivity contribution in [2.45, 2.75) is 20.3 Å². The van der Waals surface area contributed by atoms with Gasteiger partial charge in [-0.2, -0.15) is 0 Å². The molecule has 0 radical (unpaired) electrons. The number of ether oxygens (including phenoxy) is 1. The highest BCUT2D eigenvalue weighted by molar-refractivity contribution is 5.97. The number of halogens is 1. The highest BCUT2D eigenvalue weighted by atomic mass is 19.1. The SMILES string of the molecule is CCc1cccc(Oc2cccc(F)c2C(C)=O)c1. The first-order valence-electron chi connectivity index (χ1n) is 6.18. The molecule has 0 amide bonds. The summed E-state index contributed by atoms with van der Waals surface area (Å²) < 4.78 is 19.3. The first-order valence-corrected chi connectivity index (χ1v) is 6.18. The Bertz CT molecular complexity index is 605. The van der Waals surface area contributed by atoms with Crippen LogP contribution in [0, 0.1) is 5.82 Å². The maximum absolute atomic E-state index is 13.6. The van der Waals surface area contributed by atoms with Crippen LogP contribution in [0.25, 0.3) is 0 Å². The van der Waals surface area contributed by atoms with Gasteiger partial charge in [0.2, 0.25) is 0 Å². The minimum atomic E-state index is -0.559. The Hall–Kier alpha value is -2.16. The van der Waals surface area contributed by atoms with Crippen LogP contribution in [-0.2, 0) is 6.42 Å². The fraction of sp³-hybridized carbons (Fsp3) is 0.188. The number of carbonyl (C=O) groups is 1. The molecule has 0 heterocycles. The third kappa shape index (κ3) is 2.99. The molecule has 3 heteroatoms. The van der Waals surface area contributed by atoms with Crippen LogP contribution in [-0.4, -0.2) is 5.78 Å². The molecular weight excluding hydrogens is 243 g/mol. The highest BCUT2D eigenvalue weighted by Crippen LogP contribution is 2.28. The van der Waals surface area contributed by atoms with Crippen LogP contribution in [0.4, 0.5) is 4.39 Å². The molecule has 0 aliphatic heterocycles. The number of ketones is 1. The third-order valence-corrected chi connectivity index (χ3v) is 2.86. The molecule has 0 N–H and O–H groups in total. The second kappa shape index (κ2) is 5.65. The van der Waals surface area contributed by atoms with Crippen molar-refractivity contribution in [1.82, 2.24) is 0 Å². The summed E-state index contributed by atoms with van der Waals surface area (Å²) >= 11 is 0. The van der Waals surface area contributed by atoms with Gasteiger partial charge < -0.3 is 4.74 Å². The molecule has 0 saturated carbocycles. The van der Waals surface area contributed by atoms with Crippen molar-refractivity contribution < 1.29 is 13.9 Å². The van der Waals surface area contributed by atoms with Crippen LogP contribution < -0.4 is 4.74 Å². The second-order valence-electron chi connectivity index (χ2n) is 4.27. The zero-order valence-corrected chi connectivity index (χ0v) is 10.9. The zero-order chi connectivity index (χ0) is 13.8. The van der Waals surface area contributed by atoms with Gasteiger partial charge in [-0.3, -0.25) is 4.79 Å². The van der Waals surface area contributed by atoms with Crippen LogP contribution in [0.2, 0.25) is 0 Å². The molecule has 0 aliphatic carbocycles. The summed E-state index contributed by atoms with van der Waals surface area (Å²) in [4.78, 5) is 11.5. The van der Waals surface area contributed by atoms with Crippen LogP contribution in [0.15, 0.2) is 42.5 Å². The fourth-order valence-corrected chi connectivity index (χ4v) is 1.89. The second-order valence-corrected chi connectivity index (χ2v) is 4.27. The van der Waals surface area contributed by atoms with Gasteiger partial charge in [-0.1, -0.05) is 25.1 Å². The smallest absolute Gasteiger partial charge is 0.166 e. The largest absolute Gasteiger partial charge is 0.456 e. The Morgan fingerprint density at radius 1 is 1.21 bits per heavy atom. The monoisotopic (exact) mass is 258 g/mol. The van der Waals surface area contributed by atoms with Crippen LogP contribution >= 0.6 is 0 Å². The molecule has 0 spiro atoms. The average molecular weight is 258 g/mol. The van der Waals surface area contributed by atoms with Gasteiger partial charge in [-0.15, -0.1) is 0 Å². The molecule has 2 rings (SSSR count). The highest BCUT2D eigenvalue weighted by Gasteiger charge is 2.14. The Balaban J connectivity index is 2.38. The van der Waals surface area contributed by atoms with Gasteiger partial charge in [0.1, 0.15) is 17.3 Å². The number of hydrogen-bond acceptors (Lipinski definition) is 2. The van der Waals surface area contributed by atoms with E-state index in [1.165, 1.54) is 19.1 Å². The van der Waals surface area contributed by atoms with E-state index in [0.717, 1.165) is 12.0 Å². The first kappa shape index (κ1) is 13.3. The van der Waals surface area contributed by atoms with Crippen molar-refractivity contribution in [1.29, 1.82) is 0 Å². The summed E-state index contributed by atoms with van der Waals surface area (Å²) in [6.07, 6.45) is 0.889. The number of benzene rings is 2. The fourth-order valence-electron chi connectivity index (χ4n) is 1.89. The van der Waals surface area contributed by atoms with E-state index in [1.807, 2.05) is 25.1 Å². The normalized spacial score (nSPS) is 10.3. The summed E-state index contributed by atoms with van der Waals surface area (Å²) in [5.41, 5.74) is 1.11. The van der Waals surface area contributed by atoms with Crippen LogP contribution in [0.1, 0.15) is 29.8 Å². The van der Waals surface area contributed by atoms with Crippen molar-refractivity contribution in [2.75, 3.05) is 0 Å². The Morgan fingerprint density at radius 3 is 2.63 bits per heavy atom. The first-order chi connectivity index (χ1) is 9.11. The molecule has 0 saturated heterocycles. The van der Waals surface area contributed by atoms with Gasteiger partial charge in [0.05, 0.1) is 5.56 Å². The van der Waals surface area contributed by atoms with Crippen molar-refractivity contribution in [3.8, 4) is 11.5 Å². The quantitative estimate of drug-likeness (QED) is 0.760. The Morgan fingerprint density at radius 2 is 1.95 bits per heavy atom. The van der Waals surface area contributed by atoms with Crippen molar-refractivity contribution >= 4 is 5.78 Å². The van der Waals surface area contributed by atoms with Crippen molar-refractivity contribution in [3.63, 3.8) is 0 Å². The van der Waals surface area contributed by atoms with E-state index in [1.54, 1.807) is 12.1 Å². The molecule has 2 aromatic rings. The summed E-state index contributed by atoms with van der Waals surface area (Å²) in [5, 5.41) is 0. The number of hydrogen-bond donors (Lipinski definition) is 0. The lowest BCUT2D eigenvalue weighted by molar-refractivity contribution is 0.101. The number of carbonyl (C=O) groups excluding carboxylic acids is 1. The minimum absolute atomic E-state index is 0.00981. The summed E-state index contributed by atoms with van der Waals surface area (Å²) in [6.45, 7) is 3.37.